The third-order valence-electron chi connectivity index (χ3n) is 8.22. The number of pyridine rings is 2. The Morgan fingerprint density at radius 1 is 0.633 bits per heavy atom. The highest BCUT2D eigenvalue weighted by Gasteiger charge is 2.35. The number of methoxy groups -OCH3 is 1. The summed E-state index contributed by atoms with van der Waals surface area (Å²) in [5.74, 6) is -0.849. The Balaban J connectivity index is 0.000000161. The van der Waals surface area contributed by atoms with Gasteiger partial charge < -0.3 is 9.84 Å². The third-order valence-corrected chi connectivity index (χ3v) is 8.22. The maximum atomic E-state index is 12.9. The number of aromatic nitrogens is 2. The first-order valence-corrected chi connectivity index (χ1v) is 15.0. The molecule has 49 heavy (non-hydrogen) atoms. The van der Waals surface area contributed by atoms with Gasteiger partial charge in [0.1, 0.15) is 22.5 Å². The maximum absolute atomic E-state index is 12.9. The summed E-state index contributed by atoms with van der Waals surface area (Å²) in [7, 11) is 0.542. The van der Waals surface area contributed by atoms with Crippen molar-refractivity contribution in [3.63, 3.8) is 0 Å². The van der Waals surface area contributed by atoms with Crippen LogP contribution in [0.3, 0.4) is 0 Å². The van der Waals surface area contributed by atoms with Crippen molar-refractivity contribution in [2.24, 2.45) is 0 Å². The van der Waals surface area contributed by atoms with Gasteiger partial charge in [-0.1, -0.05) is 60.7 Å². The van der Waals surface area contributed by atoms with E-state index in [0.717, 1.165) is 11.1 Å². The number of hydrogen-bond acceptors (Lipinski definition) is 8. The van der Waals surface area contributed by atoms with Gasteiger partial charge >= 0.3 is 0 Å². The van der Waals surface area contributed by atoms with Crippen molar-refractivity contribution in [2.45, 2.75) is 13.1 Å². The lowest BCUT2D eigenvalue weighted by Gasteiger charge is -2.27. The number of phenols is 1. The number of phenolic OH excluding ortho intramolecular Hbond substituents is 1. The molecular weight excluding hydrogens is 627 g/mol. The predicted octanol–water partition coefficient (Wildman–Crippen LogP) is 6.36. The fourth-order valence-corrected chi connectivity index (χ4v) is 5.96. The summed E-state index contributed by atoms with van der Waals surface area (Å²) in [5, 5.41) is 10.9. The number of imide groups is 2. The zero-order chi connectivity index (χ0) is 35.4. The van der Waals surface area contributed by atoms with Gasteiger partial charge in [-0.2, -0.15) is 0 Å². The molecule has 0 aliphatic carbocycles. The van der Waals surface area contributed by atoms with Crippen molar-refractivity contribution in [3.8, 4) is 11.5 Å². The molecule has 0 spiro atoms. The molecule has 10 nitrogen and oxygen atoms in total. The Labute approximate surface area is 281 Å². The quantitative estimate of drug-likeness (QED) is 0.212. The standard InChI is InChI=1S/C19H14N2O3.C18H12N2O3.CH3F/c1-24-15-8-7-13-16-14(9-10-20-17(15)16)19(23)21(18(13)22)11-12-5-3-2-4-6-12;21-14-7-6-12-15-13(8-9-19-16(14)15)18(23)20(17(12)22)10-11-4-2-1-3-5-11;1-2/h2-10H,11H2,1H3;1-9,21H,10H2;1H3/i;;1D. The SMILES string of the molecule is COc1ccc2c3c(ccnc13)C(=O)N(Cc1ccccc1)C2=O.O=C1c2ccnc3c(O)ccc(c23)C(=O)N1Cc1ccccc1.[2H]CF. The van der Waals surface area contributed by atoms with Gasteiger partial charge in [0, 0.05) is 23.2 Å². The van der Waals surface area contributed by atoms with Crippen LogP contribution in [-0.2, 0) is 13.1 Å². The van der Waals surface area contributed by atoms with Gasteiger partial charge in [-0.15, -0.1) is 0 Å². The molecule has 0 bridgehead atoms. The van der Waals surface area contributed by atoms with E-state index in [9.17, 15) is 28.7 Å². The van der Waals surface area contributed by atoms with Crippen molar-refractivity contribution in [3.05, 3.63) is 143 Å². The van der Waals surface area contributed by atoms with Crippen LogP contribution in [0, 0.1) is 0 Å². The second-order valence-corrected chi connectivity index (χ2v) is 11.0. The van der Waals surface area contributed by atoms with Gasteiger partial charge in [-0.3, -0.25) is 43.3 Å². The molecule has 0 radical (unpaired) electrons. The number of aromatic hydroxyl groups is 1. The fourth-order valence-electron chi connectivity index (χ4n) is 5.96. The molecule has 4 heterocycles. The second kappa shape index (κ2) is 13.7. The Morgan fingerprint density at radius 2 is 1.04 bits per heavy atom. The number of amides is 4. The first-order chi connectivity index (χ1) is 24.3. The number of halogens is 1. The van der Waals surface area contributed by atoms with Gasteiger partial charge in [0.15, 0.2) is 0 Å². The molecule has 2 aliphatic rings. The Morgan fingerprint density at radius 3 is 1.51 bits per heavy atom. The smallest absolute Gasteiger partial charge is 0.261 e. The van der Waals surface area contributed by atoms with E-state index < -0.39 is 7.15 Å². The number of rotatable bonds is 5. The minimum Gasteiger partial charge on any atom is -0.506 e. The molecule has 0 saturated carbocycles. The van der Waals surface area contributed by atoms with Gasteiger partial charge in [-0.05, 0) is 47.5 Å². The molecule has 1 N–H and O–H groups in total. The first kappa shape index (κ1) is 31.1. The molecule has 0 fully saturated rings. The fraction of sp³-hybridized carbons (Fsp3) is 0.105. The second-order valence-electron chi connectivity index (χ2n) is 11.0. The van der Waals surface area contributed by atoms with E-state index in [1.165, 1.54) is 28.1 Å². The minimum atomic E-state index is -1.00. The zero-order valence-corrected chi connectivity index (χ0v) is 26.2. The molecule has 0 unspecified atom stereocenters. The summed E-state index contributed by atoms with van der Waals surface area (Å²) in [6.07, 6.45) is 3.04. The first-order valence-electron chi connectivity index (χ1n) is 15.7. The Hall–Kier alpha value is -6.49. The monoisotopic (exact) mass is 657 g/mol. The van der Waals surface area contributed by atoms with Crippen molar-refractivity contribution < 1.29 is 34.8 Å². The van der Waals surface area contributed by atoms with Crippen LogP contribution in [0.1, 0.15) is 53.9 Å². The van der Waals surface area contributed by atoms with Crippen LogP contribution in [-0.4, -0.2) is 62.8 Å². The Bertz CT molecular complexity index is 2230. The van der Waals surface area contributed by atoms with Crippen molar-refractivity contribution in [1.82, 2.24) is 19.8 Å². The van der Waals surface area contributed by atoms with Crippen LogP contribution >= 0.6 is 0 Å². The lowest BCUT2D eigenvalue weighted by Crippen LogP contribution is -2.39. The molecule has 0 saturated heterocycles. The summed E-state index contributed by atoms with van der Waals surface area (Å²) in [4.78, 5) is 62.0. The van der Waals surface area contributed by atoms with E-state index in [1.807, 2.05) is 60.7 Å². The summed E-state index contributed by atoms with van der Waals surface area (Å²) in [5.41, 5.74) is 4.32. The van der Waals surface area contributed by atoms with Crippen LogP contribution in [0.15, 0.2) is 109 Å². The van der Waals surface area contributed by atoms with E-state index in [2.05, 4.69) is 9.97 Å². The molecule has 11 heteroatoms. The maximum Gasteiger partial charge on any atom is 0.261 e. The van der Waals surface area contributed by atoms with E-state index >= 15 is 0 Å². The molecule has 4 amide bonds. The summed E-state index contributed by atoms with van der Waals surface area (Å²) >= 11 is 0. The van der Waals surface area contributed by atoms with E-state index in [-0.39, 0.29) is 48.0 Å². The average Bonchev–Trinajstić information content (AvgIpc) is 3.15. The molecule has 2 aromatic heterocycles. The highest BCUT2D eigenvalue weighted by molar-refractivity contribution is 6.26. The van der Waals surface area contributed by atoms with Gasteiger partial charge in [0.2, 0.25) is 0 Å². The number of carbonyl (C=O) groups excluding carboxylic acids is 4. The minimum absolute atomic E-state index is 0.0392. The molecular formula is C38H29FN4O6. The molecule has 0 atom stereocenters. The summed E-state index contributed by atoms with van der Waals surface area (Å²) in [6, 6.07) is 28.4. The van der Waals surface area contributed by atoms with Gasteiger partial charge in [0.05, 0.1) is 51.0 Å². The number of ether oxygens (including phenoxy) is 1. The topological polar surface area (TPSA) is 130 Å². The lowest BCUT2D eigenvalue weighted by atomic mass is 9.96. The van der Waals surface area contributed by atoms with Gasteiger partial charge in [-0.25, -0.2) is 0 Å². The van der Waals surface area contributed by atoms with E-state index in [0.29, 0.717) is 44.3 Å². The molecule has 6 aromatic rings. The van der Waals surface area contributed by atoms with E-state index in [4.69, 9.17) is 6.11 Å². The highest BCUT2D eigenvalue weighted by atomic mass is 19.1. The van der Waals surface area contributed by atoms with Gasteiger partial charge in [0.25, 0.3) is 23.6 Å². The number of carbonyl (C=O) groups is 4. The number of nitrogens with zero attached hydrogens (tertiary/aromatic N) is 4. The normalized spacial score (nSPS) is 13.4. The predicted molar refractivity (Wildman–Crippen MR) is 180 cm³/mol. The number of benzene rings is 4. The average molecular weight is 658 g/mol. The van der Waals surface area contributed by atoms with Crippen LogP contribution in [0.2, 0.25) is 0 Å². The molecule has 2 aliphatic heterocycles. The molecule has 244 valence electrons. The Kier molecular flexibility index (Phi) is 8.70. The van der Waals surface area contributed by atoms with Crippen LogP contribution in [0.25, 0.3) is 21.8 Å². The summed E-state index contributed by atoms with van der Waals surface area (Å²) in [6.45, 7) is 0.455. The van der Waals surface area contributed by atoms with Crippen molar-refractivity contribution >= 4 is 45.4 Å². The molecule has 8 rings (SSSR count). The van der Waals surface area contributed by atoms with E-state index in [1.54, 1.807) is 37.6 Å². The number of hydrogen-bond donors (Lipinski definition) is 1. The lowest BCUT2D eigenvalue weighted by molar-refractivity contribution is 0.0583. The van der Waals surface area contributed by atoms with Crippen LogP contribution < -0.4 is 4.74 Å². The number of alkyl halides is 1. The highest BCUT2D eigenvalue weighted by Crippen LogP contribution is 2.35. The largest absolute Gasteiger partial charge is 0.506 e. The van der Waals surface area contributed by atoms with Crippen molar-refractivity contribution in [2.75, 3.05) is 14.3 Å². The third kappa shape index (κ3) is 5.82. The van der Waals surface area contributed by atoms with Crippen molar-refractivity contribution in [1.29, 1.82) is 0 Å². The van der Waals surface area contributed by atoms with Crippen LogP contribution in [0.5, 0.6) is 11.5 Å². The zero-order valence-electron chi connectivity index (χ0n) is 27.2. The molecule has 4 aromatic carbocycles. The van der Waals surface area contributed by atoms with Crippen LogP contribution in [0.4, 0.5) is 4.39 Å². The summed E-state index contributed by atoms with van der Waals surface area (Å²) < 4.78 is 20.8.